The van der Waals surface area contributed by atoms with Crippen LogP contribution in [0.4, 0.5) is 0 Å². The normalized spacial score (nSPS) is 10.7. The van der Waals surface area contributed by atoms with Crippen LogP contribution in [0.2, 0.25) is 0 Å². The molecule has 1 heterocycles. The monoisotopic (exact) mass is 285 g/mol. The van der Waals surface area contributed by atoms with Crippen LogP contribution >= 0.6 is 11.3 Å². The lowest BCUT2D eigenvalue weighted by Crippen LogP contribution is -2.00. The number of hydrogen-bond donors (Lipinski definition) is 1. The molecule has 1 aromatic heterocycles. The Morgan fingerprint density at radius 3 is 2.80 bits per heavy atom. The third-order valence-electron chi connectivity index (χ3n) is 2.94. The Bertz CT molecular complexity index is 762. The second kappa shape index (κ2) is 4.94. The van der Waals surface area contributed by atoms with Crippen LogP contribution in [0, 0.1) is 0 Å². The number of aromatic nitrogens is 1. The molecule has 0 bridgehead atoms. The number of fused-ring (bicyclic) bond motifs is 1. The number of carbonyl (C=O) groups is 1. The van der Waals surface area contributed by atoms with Gasteiger partial charge in [-0.1, -0.05) is 12.1 Å². The van der Waals surface area contributed by atoms with Gasteiger partial charge in [0.25, 0.3) is 0 Å². The molecule has 5 heteroatoms. The van der Waals surface area contributed by atoms with Crippen molar-refractivity contribution in [1.82, 2.24) is 4.98 Å². The maximum absolute atomic E-state index is 11.6. The van der Waals surface area contributed by atoms with Gasteiger partial charge in [0, 0.05) is 0 Å². The third kappa shape index (κ3) is 2.12. The van der Waals surface area contributed by atoms with E-state index in [-0.39, 0.29) is 5.75 Å². The number of phenolic OH excluding ortho intramolecular Hbond substituents is 1. The molecule has 2 aromatic carbocycles. The number of aromatic hydroxyl groups is 1. The fourth-order valence-corrected chi connectivity index (χ4v) is 2.93. The summed E-state index contributed by atoms with van der Waals surface area (Å²) in [5.41, 5.74) is 1.80. The van der Waals surface area contributed by atoms with Crippen molar-refractivity contribution in [3.63, 3.8) is 0 Å². The van der Waals surface area contributed by atoms with Crippen molar-refractivity contribution in [2.45, 2.75) is 0 Å². The highest BCUT2D eigenvalue weighted by atomic mass is 32.1. The molecule has 0 aliphatic carbocycles. The van der Waals surface area contributed by atoms with Crippen molar-refractivity contribution in [2.24, 2.45) is 0 Å². The van der Waals surface area contributed by atoms with Crippen LogP contribution < -0.4 is 0 Å². The van der Waals surface area contributed by atoms with Gasteiger partial charge in [-0.3, -0.25) is 0 Å². The van der Waals surface area contributed by atoms with Crippen LogP contribution in [-0.2, 0) is 4.74 Å². The Morgan fingerprint density at radius 2 is 2.05 bits per heavy atom. The van der Waals surface area contributed by atoms with E-state index in [1.165, 1.54) is 30.6 Å². The summed E-state index contributed by atoms with van der Waals surface area (Å²) in [6.07, 6.45) is 0. The summed E-state index contributed by atoms with van der Waals surface area (Å²) in [5.74, 6) is -0.343. The van der Waals surface area contributed by atoms with Gasteiger partial charge >= 0.3 is 5.97 Å². The minimum absolute atomic E-state index is 0.0942. The highest BCUT2D eigenvalue weighted by Gasteiger charge is 2.14. The topological polar surface area (TPSA) is 59.4 Å². The average Bonchev–Trinajstić information content (AvgIpc) is 2.90. The first-order chi connectivity index (χ1) is 9.69. The van der Waals surface area contributed by atoms with E-state index >= 15 is 0 Å². The fourth-order valence-electron chi connectivity index (χ4n) is 1.94. The maximum Gasteiger partial charge on any atom is 0.337 e. The van der Waals surface area contributed by atoms with Gasteiger partial charge in [-0.25, -0.2) is 9.78 Å². The number of carbonyl (C=O) groups excluding carboxylic acids is 1. The van der Waals surface area contributed by atoms with Crippen LogP contribution in [0.5, 0.6) is 5.75 Å². The molecule has 1 N–H and O–H groups in total. The second-order valence-electron chi connectivity index (χ2n) is 4.21. The Hall–Kier alpha value is -2.40. The summed E-state index contributed by atoms with van der Waals surface area (Å²) < 4.78 is 5.72. The van der Waals surface area contributed by atoms with E-state index in [0.29, 0.717) is 16.1 Å². The largest absolute Gasteiger partial charge is 0.507 e. The van der Waals surface area contributed by atoms with Gasteiger partial charge < -0.3 is 9.84 Å². The lowest BCUT2D eigenvalue weighted by atomic mass is 10.1. The van der Waals surface area contributed by atoms with Crippen LogP contribution in [0.1, 0.15) is 10.4 Å². The number of benzene rings is 2. The number of phenols is 1. The SMILES string of the molecule is COC(=O)c1ccc(O)c(-c2nc3ccccc3s2)c1. The van der Waals surface area contributed by atoms with E-state index in [2.05, 4.69) is 9.72 Å². The van der Waals surface area contributed by atoms with Gasteiger partial charge in [-0.15, -0.1) is 11.3 Å². The molecule has 0 aliphatic heterocycles. The van der Waals surface area contributed by atoms with E-state index in [1.807, 2.05) is 24.3 Å². The average molecular weight is 285 g/mol. The Kier molecular flexibility index (Phi) is 3.12. The molecule has 4 nitrogen and oxygen atoms in total. The van der Waals surface area contributed by atoms with Crippen LogP contribution in [0.15, 0.2) is 42.5 Å². The number of para-hydroxylation sites is 1. The third-order valence-corrected chi connectivity index (χ3v) is 4.01. The predicted molar refractivity (Wildman–Crippen MR) is 78.1 cm³/mol. The molecule has 0 radical (unpaired) electrons. The van der Waals surface area contributed by atoms with E-state index in [0.717, 1.165) is 10.2 Å². The Balaban J connectivity index is 2.15. The molecule has 3 aromatic rings. The van der Waals surface area contributed by atoms with Crippen LogP contribution in [-0.4, -0.2) is 23.2 Å². The van der Waals surface area contributed by atoms with Gasteiger partial charge in [0.2, 0.25) is 0 Å². The number of ether oxygens (including phenoxy) is 1. The quantitative estimate of drug-likeness (QED) is 0.733. The van der Waals surface area contributed by atoms with Gasteiger partial charge in [-0.05, 0) is 30.3 Å². The van der Waals surface area contributed by atoms with Crippen molar-refractivity contribution >= 4 is 27.5 Å². The number of rotatable bonds is 2. The highest BCUT2D eigenvalue weighted by Crippen LogP contribution is 2.35. The zero-order chi connectivity index (χ0) is 14.1. The lowest BCUT2D eigenvalue weighted by molar-refractivity contribution is 0.0601. The molecule has 0 unspecified atom stereocenters. The highest BCUT2D eigenvalue weighted by molar-refractivity contribution is 7.21. The second-order valence-corrected chi connectivity index (χ2v) is 5.24. The summed E-state index contributed by atoms with van der Waals surface area (Å²) in [4.78, 5) is 16.0. The summed E-state index contributed by atoms with van der Waals surface area (Å²) in [5, 5.41) is 10.7. The molecule has 0 fully saturated rings. The zero-order valence-corrected chi connectivity index (χ0v) is 11.5. The zero-order valence-electron chi connectivity index (χ0n) is 10.7. The van der Waals surface area contributed by atoms with Gasteiger partial charge in [0.1, 0.15) is 10.8 Å². The number of thiazole rings is 1. The number of methoxy groups -OCH3 is 1. The van der Waals surface area contributed by atoms with E-state index < -0.39 is 5.97 Å². The van der Waals surface area contributed by atoms with Gasteiger partial charge in [0.05, 0.1) is 28.5 Å². The summed E-state index contributed by atoms with van der Waals surface area (Å²) in [6, 6.07) is 12.3. The molecular formula is C15H11NO3S. The van der Waals surface area contributed by atoms with Crippen molar-refractivity contribution < 1.29 is 14.6 Å². The van der Waals surface area contributed by atoms with Crippen LogP contribution in [0.3, 0.4) is 0 Å². The van der Waals surface area contributed by atoms with Crippen molar-refractivity contribution in [2.75, 3.05) is 7.11 Å². The van der Waals surface area contributed by atoms with Gasteiger partial charge in [-0.2, -0.15) is 0 Å². The summed E-state index contributed by atoms with van der Waals surface area (Å²) >= 11 is 1.47. The Labute approximate surface area is 119 Å². The van der Waals surface area contributed by atoms with Crippen molar-refractivity contribution in [3.8, 4) is 16.3 Å². The molecule has 0 saturated heterocycles. The van der Waals surface area contributed by atoms with Crippen LogP contribution in [0.25, 0.3) is 20.8 Å². The molecule has 3 rings (SSSR count). The molecule has 0 atom stereocenters. The Morgan fingerprint density at radius 1 is 1.25 bits per heavy atom. The fraction of sp³-hybridized carbons (Fsp3) is 0.0667. The van der Waals surface area contributed by atoms with E-state index in [9.17, 15) is 9.90 Å². The molecule has 0 aliphatic rings. The molecule has 0 saturated carbocycles. The van der Waals surface area contributed by atoms with E-state index in [4.69, 9.17) is 0 Å². The molecule has 0 spiro atoms. The first-order valence-corrected chi connectivity index (χ1v) is 6.78. The summed E-state index contributed by atoms with van der Waals surface area (Å²) in [7, 11) is 1.33. The van der Waals surface area contributed by atoms with E-state index in [1.54, 1.807) is 6.07 Å². The predicted octanol–water partition coefficient (Wildman–Crippen LogP) is 3.46. The standard InChI is InChI=1S/C15H11NO3S/c1-19-15(18)9-6-7-12(17)10(8-9)14-16-11-4-2-3-5-13(11)20-14/h2-8,17H,1H3. The van der Waals surface area contributed by atoms with Crippen molar-refractivity contribution in [1.29, 1.82) is 0 Å². The molecule has 20 heavy (non-hydrogen) atoms. The molecular weight excluding hydrogens is 274 g/mol. The minimum Gasteiger partial charge on any atom is -0.507 e. The minimum atomic E-state index is -0.438. The summed E-state index contributed by atoms with van der Waals surface area (Å²) in [6.45, 7) is 0. The number of esters is 1. The van der Waals surface area contributed by atoms with Crippen molar-refractivity contribution in [3.05, 3.63) is 48.0 Å². The lowest BCUT2D eigenvalue weighted by Gasteiger charge is -2.04. The van der Waals surface area contributed by atoms with Gasteiger partial charge in [0.15, 0.2) is 0 Å². The number of hydrogen-bond acceptors (Lipinski definition) is 5. The first kappa shape index (κ1) is 12.6. The maximum atomic E-state index is 11.6. The smallest absolute Gasteiger partial charge is 0.337 e. The number of nitrogens with zero attached hydrogens (tertiary/aromatic N) is 1. The first-order valence-electron chi connectivity index (χ1n) is 5.96. The molecule has 0 amide bonds. The molecule has 100 valence electrons.